The number of nitrogens with two attached hydrogens (primary N) is 1. The number of para-hydroxylation sites is 2. The number of aliphatic hydroxyl groups is 1. The number of hydrogen-bond donors (Lipinski definition) is 6. The fourth-order valence-corrected chi connectivity index (χ4v) is 5.43. The van der Waals surface area contributed by atoms with Gasteiger partial charge in [-0.2, -0.15) is 0 Å². The summed E-state index contributed by atoms with van der Waals surface area (Å²) in [7, 11) is 1.84. The van der Waals surface area contributed by atoms with Gasteiger partial charge < -0.3 is 35.9 Å². The van der Waals surface area contributed by atoms with E-state index in [1.807, 2.05) is 66.2 Å². The van der Waals surface area contributed by atoms with Crippen LogP contribution in [0.3, 0.4) is 0 Å². The van der Waals surface area contributed by atoms with E-state index in [-0.39, 0.29) is 17.6 Å². The third kappa shape index (κ3) is 6.31. The topological polar surface area (TPSA) is 207 Å². The molecule has 0 fully saturated rings. The lowest BCUT2D eigenvalue weighted by Gasteiger charge is -2.21. The van der Waals surface area contributed by atoms with Crippen LogP contribution >= 0.6 is 0 Å². The van der Waals surface area contributed by atoms with Crippen molar-refractivity contribution >= 4 is 62.8 Å². The fraction of sp³-hybridized carbons (Fsp3) is 0.226. The van der Waals surface area contributed by atoms with Gasteiger partial charge in [-0.3, -0.25) is 34.1 Å². The largest absolute Gasteiger partial charge is 0.394 e. The van der Waals surface area contributed by atoms with E-state index in [9.17, 15) is 28.8 Å². The zero-order valence-electron chi connectivity index (χ0n) is 24.2. The van der Waals surface area contributed by atoms with Gasteiger partial charge in [0.25, 0.3) is 11.8 Å². The normalized spacial score (nSPS) is 14.4. The number of primary amides is 1. The average molecular weight is 614 g/mol. The molecular weight excluding hydrogens is 582 g/mol. The molecule has 0 bridgehead atoms. The Balaban J connectivity index is 1.41. The Morgan fingerprint density at radius 3 is 2.29 bits per heavy atom. The maximum absolute atomic E-state index is 13.4. The van der Waals surface area contributed by atoms with Crippen molar-refractivity contribution < 1.29 is 33.9 Å². The van der Waals surface area contributed by atoms with Crippen LogP contribution in [0.15, 0.2) is 72.6 Å². The van der Waals surface area contributed by atoms with Gasteiger partial charge in [0.2, 0.25) is 23.6 Å². The highest BCUT2D eigenvalue weighted by molar-refractivity contribution is 6.37. The number of aryl methyl sites for hydroxylation is 1. The zero-order valence-corrected chi connectivity index (χ0v) is 24.2. The first-order valence-electron chi connectivity index (χ1n) is 14.0. The Bertz CT molecular complexity index is 1890. The minimum absolute atomic E-state index is 0.113. The molecule has 1 aliphatic heterocycles. The van der Waals surface area contributed by atoms with Crippen molar-refractivity contribution in [2.45, 2.75) is 18.5 Å². The van der Waals surface area contributed by atoms with Gasteiger partial charge in [-0.15, -0.1) is 0 Å². The number of benzene rings is 2. The molecule has 7 N–H and O–H groups in total. The molecule has 2 aromatic heterocycles. The molecule has 2 atom stereocenters. The third-order valence-corrected chi connectivity index (χ3v) is 7.57. The molecule has 0 aliphatic carbocycles. The number of rotatable bonds is 12. The lowest BCUT2D eigenvalue weighted by molar-refractivity contribution is -0.130. The minimum atomic E-state index is -1.30. The van der Waals surface area contributed by atoms with E-state index in [2.05, 4.69) is 21.3 Å². The number of fused-ring (bicyclic) bond motifs is 2. The number of nitrogens with zero attached hydrogens (tertiary/aromatic N) is 2. The molecule has 14 heteroatoms. The summed E-state index contributed by atoms with van der Waals surface area (Å²) in [4.78, 5) is 75.5. The molecule has 2 aromatic carbocycles. The summed E-state index contributed by atoms with van der Waals surface area (Å²) in [5.41, 5.74) is 7.47. The quantitative estimate of drug-likeness (QED) is 0.114. The molecule has 6 amide bonds. The predicted molar refractivity (Wildman–Crippen MR) is 163 cm³/mol. The molecule has 0 radical (unpaired) electrons. The Hall–Kier alpha value is -5.76. The molecule has 45 heavy (non-hydrogen) atoms. The van der Waals surface area contributed by atoms with Crippen molar-refractivity contribution in [2.75, 3.05) is 19.7 Å². The van der Waals surface area contributed by atoms with E-state index in [1.165, 1.54) is 0 Å². The molecule has 14 nitrogen and oxygen atoms in total. The highest BCUT2D eigenvalue weighted by atomic mass is 16.3. The van der Waals surface area contributed by atoms with Crippen molar-refractivity contribution in [1.29, 1.82) is 0 Å². The Kier molecular flexibility index (Phi) is 8.76. The van der Waals surface area contributed by atoms with Crippen LogP contribution in [0.4, 0.5) is 0 Å². The second kappa shape index (κ2) is 12.9. The molecule has 3 heterocycles. The van der Waals surface area contributed by atoms with Crippen molar-refractivity contribution in [3.05, 3.63) is 78.1 Å². The number of carbonyl (C=O) groups is 6. The van der Waals surface area contributed by atoms with Gasteiger partial charge in [0, 0.05) is 41.4 Å². The van der Waals surface area contributed by atoms with Crippen LogP contribution in [0, 0.1) is 0 Å². The molecule has 1 unspecified atom stereocenters. The van der Waals surface area contributed by atoms with E-state index in [0.29, 0.717) is 5.56 Å². The maximum atomic E-state index is 13.4. The first-order chi connectivity index (χ1) is 21.6. The smallest absolute Gasteiger partial charge is 0.259 e. The summed E-state index contributed by atoms with van der Waals surface area (Å²) in [6.45, 7) is -1.73. The number of aromatic nitrogens is 2. The number of carbonyl (C=O) groups excluding carboxylic acids is 6. The van der Waals surface area contributed by atoms with Crippen molar-refractivity contribution in [3.63, 3.8) is 0 Å². The molecular formula is C31H31N7O7. The summed E-state index contributed by atoms with van der Waals surface area (Å²) in [5.74, 6) is -4.21. The average Bonchev–Trinajstić information content (AvgIpc) is 3.69. The van der Waals surface area contributed by atoms with E-state index in [1.54, 1.807) is 17.0 Å². The summed E-state index contributed by atoms with van der Waals surface area (Å²) < 4.78 is 3.61. The maximum Gasteiger partial charge on any atom is 0.259 e. The molecule has 0 saturated heterocycles. The van der Waals surface area contributed by atoms with Crippen LogP contribution in [-0.2, 0) is 35.8 Å². The molecule has 0 saturated carbocycles. The van der Waals surface area contributed by atoms with E-state index in [0.717, 1.165) is 21.8 Å². The van der Waals surface area contributed by atoms with E-state index in [4.69, 9.17) is 10.8 Å². The monoisotopic (exact) mass is 613 g/mol. The predicted octanol–water partition coefficient (Wildman–Crippen LogP) is -0.631. The first kappa shape index (κ1) is 30.7. The zero-order chi connectivity index (χ0) is 32.2. The van der Waals surface area contributed by atoms with E-state index < -0.39 is 67.2 Å². The van der Waals surface area contributed by atoms with Gasteiger partial charge in [0.05, 0.1) is 43.3 Å². The Morgan fingerprint density at radius 1 is 0.889 bits per heavy atom. The van der Waals surface area contributed by atoms with Crippen LogP contribution in [-0.4, -0.2) is 75.4 Å². The molecule has 1 aliphatic rings. The standard InChI is InChI=1S/C31H31N7O7/c1-37-15-19(18-7-3-5-9-22(18)37)27-28(31(45)36-30(27)44)23(38-11-10-17-6-2-4-8-21(17)38)12-24(40)33-13-25(41)34-14-26(42)35-20(16-39)29(32)43/h2-11,15,20,23,39H,12-14,16H2,1H3,(H2,32,43)(H,33,40)(H,34,41)(H,35,42)(H,36,44,45)/t20-,23?/m0/s1. The summed E-state index contributed by atoms with van der Waals surface area (Å²) in [6, 6.07) is 14.5. The third-order valence-electron chi connectivity index (χ3n) is 7.57. The highest BCUT2D eigenvalue weighted by Crippen LogP contribution is 2.38. The number of imide groups is 1. The lowest BCUT2D eigenvalue weighted by Crippen LogP contribution is -2.50. The number of nitrogens with one attached hydrogen (secondary N) is 4. The summed E-state index contributed by atoms with van der Waals surface area (Å²) in [5, 5.41) is 20.1. The van der Waals surface area contributed by atoms with Gasteiger partial charge in [-0.1, -0.05) is 36.4 Å². The number of hydrogen-bond acceptors (Lipinski definition) is 7. The van der Waals surface area contributed by atoms with Gasteiger partial charge >= 0.3 is 0 Å². The van der Waals surface area contributed by atoms with Gasteiger partial charge in [-0.25, -0.2) is 0 Å². The molecule has 5 rings (SSSR count). The molecule has 0 spiro atoms. The van der Waals surface area contributed by atoms with Crippen LogP contribution in [0.1, 0.15) is 18.0 Å². The SMILES string of the molecule is Cn1cc(C2=C(C(CC(=O)NCC(=O)NCC(=O)N[C@@H](CO)C(N)=O)n3ccc4ccccc43)C(=O)NC2=O)c2ccccc21. The van der Waals surface area contributed by atoms with Crippen molar-refractivity contribution in [1.82, 2.24) is 30.4 Å². The van der Waals surface area contributed by atoms with Gasteiger partial charge in [-0.05, 0) is 23.6 Å². The highest BCUT2D eigenvalue weighted by Gasteiger charge is 2.39. The number of aliphatic hydroxyl groups excluding tert-OH is 1. The molecule has 4 aromatic rings. The van der Waals surface area contributed by atoms with E-state index >= 15 is 0 Å². The summed E-state index contributed by atoms with van der Waals surface area (Å²) in [6.07, 6.45) is 3.22. The number of amides is 6. The Morgan fingerprint density at radius 2 is 1.56 bits per heavy atom. The first-order valence-corrected chi connectivity index (χ1v) is 14.0. The van der Waals surface area contributed by atoms with Crippen molar-refractivity contribution in [3.8, 4) is 0 Å². The molecule has 232 valence electrons. The fourth-order valence-electron chi connectivity index (χ4n) is 5.43. The lowest BCUT2D eigenvalue weighted by atomic mass is 9.94. The van der Waals surface area contributed by atoms with Crippen LogP contribution in [0.5, 0.6) is 0 Å². The van der Waals surface area contributed by atoms with Crippen LogP contribution in [0.25, 0.3) is 27.4 Å². The second-order valence-electron chi connectivity index (χ2n) is 10.5. The van der Waals surface area contributed by atoms with Gasteiger partial charge in [0.15, 0.2) is 0 Å². The second-order valence-corrected chi connectivity index (χ2v) is 10.5. The van der Waals surface area contributed by atoms with Gasteiger partial charge in [0.1, 0.15) is 6.04 Å². The minimum Gasteiger partial charge on any atom is -0.394 e. The Labute approximate surface area is 256 Å². The van der Waals surface area contributed by atoms with Crippen LogP contribution in [0.2, 0.25) is 0 Å². The van der Waals surface area contributed by atoms with Crippen LogP contribution < -0.4 is 27.0 Å². The van der Waals surface area contributed by atoms with Crippen molar-refractivity contribution in [2.24, 2.45) is 12.8 Å². The summed E-state index contributed by atoms with van der Waals surface area (Å²) >= 11 is 0.